The van der Waals surface area contributed by atoms with Crippen molar-refractivity contribution in [3.63, 3.8) is 0 Å². The smallest absolute Gasteiger partial charge is 0.138 e. The van der Waals surface area contributed by atoms with Gasteiger partial charge >= 0.3 is 0 Å². The van der Waals surface area contributed by atoms with E-state index in [1.165, 1.54) is 60.4 Å². The van der Waals surface area contributed by atoms with Crippen LogP contribution in [0.1, 0.15) is 22.3 Å². The van der Waals surface area contributed by atoms with Crippen LogP contribution in [-0.2, 0) is 0 Å². The third-order valence-corrected chi connectivity index (χ3v) is 9.60. The number of aromatic nitrogens is 3. The van der Waals surface area contributed by atoms with E-state index in [0.29, 0.717) is 0 Å². The molecule has 0 saturated carbocycles. The van der Waals surface area contributed by atoms with Gasteiger partial charge in [0.05, 0.1) is 27.8 Å². The van der Waals surface area contributed by atoms with Crippen molar-refractivity contribution in [2.45, 2.75) is 27.7 Å². The zero-order chi connectivity index (χ0) is 32.5. The summed E-state index contributed by atoms with van der Waals surface area (Å²) in [4.78, 5) is 5.52. The lowest BCUT2D eigenvalue weighted by molar-refractivity contribution is 1.08. The lowest BCUT2D eigenvalue weighted by Gasteiger charge is -2.15. The molecule has 0 unspecified atom stereocenters. The van der Waals surface area contributed by atoms with Crippen molar-refractivity contribution in [2.75, 3.05) is 0 Å². The second kappa shape index (κ2) is 10.8. The number of nitrogens with zero attached hydrogens (tertiary/aromatic N) is 3. The molecule has 0 saturated heterocycles. The Morgan fingerprint density at radius 3 is 1.48 bits per heavy atom. The van der Waals surface area contributed by atoms with Gasteiger partial charge in [0.25, 0.3) is 0 Å². The molecule has 0 aliphatic heterocycles. The Labute approximate surface area is 280 Å². The number of benzene rings is 6. The molecule has 3 aromatic heterocycles. The van der Waals surface area contributed by atoms with E-state index in [0.717, 1.165) is 39.4 Å². The first kappa shape index (κ1) is 28.3. The normalized spacial score (nSPS) is 11.8. The summed E-state index contributed by atoms with van der Waals surface area (Å²) in [5, 5.41) is 4.89. The summed E-state index contributed by atoms with van der Waals surface area (Å²) < 4.78 is 4.84. The van der Waals surface area contributed by atoms with Gasteiger partial charge in [-0.1, -0.05) is 113 Å². The predicted octanol–water partition coefficient (Wildman–Crippen LogP) is 11.8. The Morgan fingerprint density at radius 1 is 0.396 bits per heavy atom. The molecule has 6 aromatic carbocycles. The summed E-state index contributed by atoms with van der Waals surface area (Å²) >= 11 is 0. The molecule has 0 bridgehead atoms. The number of hydrogen-bond donors (Lipinski definition) is 0. The molecular formula is C45H35N3. The van der Waals surface area contributed by atoms with Gasteiger partial charge in [-0.3, -0.25) is 4.57 Å². The largest absolute Gasteiger partial charge is 0.307 e. The van der Waals surface area contributed by atoms with Crippen LogP contribution in [0.5, 0.6) is 0 Å². The molecule has 0 fully saturated rings. The SMILES string of the molecule is Cc1cc(C)cc(-c2cc(-c3cc(C)cc(C)c3)nc(-n3c4ccccc4c4ccc5c6ccccc6n(-c6ccccc6)c5c43)c2)c1. The first-order valence-corrected chi connectivity index (χ1v) is 16.6. The highest BCUT2D eigenvalue weighted by Gasteiger charge is 2.22. The fraction of sp³-hybridized carbons (Fsp3) is 0.0889. The number of para-hydroxylation sites is 3. The molecule has 0 atom stereocenters. The summed E-state index contributed by atoms with van der Waals surface area (Å²) in [6.45, 7) is 8.68. The van der Waals surface area contributed by atoms with Gasteiger partial charge in [-0.2, -0.15) is 0 Å². The van der Waals surface area contributed by atoms with Gasteiger partial charge in [0.15, 0.2) is 0 Å². The Morgan fingerprint density at radius 2 is 0.875 bits per heavy atom. The molecule has 9 aromatic rings. The predicted molar refractivity (Wildman–Crippen MR) is 203 cm³/mol. The zero-order valence-electron chi connectivity index (χ0n) is 27.6. The minimum atomic E-state index is 0.907. The second-order valence-corrected chi connectivity index (χ2v) is 13.3. The van der Waals surface area contributed by atoms with E-state index >= 15 is 0 Å². The highest BCUT2D eigenvalue weighted by atomic mass is 15.1. The maximum atomic E-state index is 5.52. The van der Waals surface area contributed by atoms with Gasteiger partial charge in [0.1, 0.15) is 5.82 Å². The monoisotopic (exact) mass is 617 g/mol. The van der Waals surface area contributed by atoms with Crippen LogP contribution in [0, 0.1) is 27.7 Å². The average molecular weight is 618 g/mol. The molecular weight excluding hydrogens is 583 g/mol. The van der Waals surface area contributed by atoms with Crippen LogP contribution in [0.25, 0.3) is 77.5 Å². The molecule has 0 amide bonds. The summed E-state index contributed by atoms with van der Waals surface area (Å²) in [5.41, 5.74) is 15.2. The first-order chi connectivity index (χ1) is 23.4. The van der Waals surface area contributed by atoms with Crippen LogP contribution in [-0.4, -0.2) is 14.1 Å². The van der Waals surface area contributed by atoms with Crippen molar-refractivity contribution in [3.8, 4) is 33.9 Å². The standard InChI is InChI=1S/C45H35N3/c1-28-20-29(2)23-32(22-28)33-26-40(34-24-30(3)21-31(4)25-34)46-43(27-33)48-42-17-11-9-15-37(42)39-19-18-38-36-14-8-10-16-41(36)47(44(38)45(39)48)35-12-6-5-7-13-35/h5-27H,1-4H3. The number of pyridine rings is 1. The first-order valence-electron chi connectivity index (χ1n) is 16.6. The highest BCUT2D eigenvalue weighted by Crippen LogP contribution is 2.42. The van der Waals surface area contributed by atoms with Crippen molar-refractivity contribution in [1.29, 1.82) is 0 Å². The van der Waals surface area contributed by atoms with E-state index in [1.807, 2.05) is 0 Å². The maximum absolute atomic E-state index is 5.52. The Kier molecular flexibility index (Phi) is 6.38. The van der Waals surface area contributed by atoms with Crippen molar-refractivity contribution in [2.24, 2.45) is 0 Å². The van der Waals surface area contributed by atoms with E-state index in [-0.39, 0.29) is 0 Å². The highest BCUT2D eigenvalue weighted by molar-refractivity contribution is 6.23. The molecule has 0 N–H and O–H groups in total. The average Bonchev–Trinajstić information content (AvgIpc) is 3.61. The fourth-order valence-corrected chi connectivity index (χ4v) is 7.79. The molecule has 3 heterocycles. The molecule has 0 aliphatic rings. The van der Waals surface area contributed by atoms with Crippen molar-refractivity contribution >= 4 is 43.6 Å². The van der Waals surface area contributed by atoms with E-state index < -0.39 is 0 Å². The van der Waals surface area contributed by atoms with E-state index in [9.17, 15) is 0 Å². The summed E-state index contributed by atoms with van der Waals surface area (Å²) in [5.74, 6) is 0.907. The van der Waals surface area contributed by atoms with E-state index in [2.05, 4.69) is 176 Å². The second-order valence-electron chi connectivity index (χ2n) is 13.3. The van der Waals surface area contributed by atoms with Crippen LogP contribution >= 0.6 is 0 Å². The third kappa shape index (κ3) is 4.46. The fourth-order valence-electron chi connectivity index (χ4n) is 7.79. The van der Waals surface area contributed by atoms with Crippen LogP contribution in [0.2, 0.25) is 0 Å². The molecule has 0 radical (unpaired) electrons. The maximum Gasteiger partial charge on any atom is 0.138 e. The molecule has 0 aliphatic carbocycles. The Hall–Kier alpha value is -5.93. The summed E-state index contributed by atoms with van der Waals surface area (Å²) in [6, 6.07) is 50.9. The molecule has 48 heavy (non-hydrogen) atoms. The van der Waals surface area contributed by atoms with Crippen molar-refractivity contribution in [3.05, 3.63) is 162 Å². The number of hydrogen-bond acceptors (Lipinski definition) is 1. The van der Waals surface area contributed by atoms with Gasteiger partial charge < -0.3 is 4.57 Å². The minimum Gasteiger partial charge on any atom is -0.307 e. The molecule has 3 nitrogen and oxygen atoms in total. The topological polar surface area (TPSA) is 22.8 Å². The number of aryl methyl sites for hydroxylation is 4. The van der Waals surface area contributed by atoms with Gasteiger partial charge in [-0.25, -0.2) is 4.98 Å². The molecule has 0 spiro atoms. The lowest BCUT2D eigenvalue weighted by atomic mass is 9.98. The van der Waals surface area contributed by atoms with Crippen molar-refractivity contribution in [1.82, 2.24) is 14.1 Å². The van der Waals surface area contributed by atoms with Gasteiger partial charge in [0, 0.05) is 32.8 Å². The van der Waals surface area contributed by atoms with Crippen molar-refractivity contribution < 1.29 is 0 Å². The zero-order valence-corrected chi connectivity index (χ0v) is 27.6. The summed E-state index contributed by atoms with van der Waals surface area (Å²) in [6.07, 6.45) is 0. The Bertz CT molecular complexity index is 2600. The van der Waals surface area contributed by atoms with Gasteiger partial charge in [0.2, 0.25) is 0 Å². The lowest BCUT2D eigenvalue weighted by Crippen LogP contribution is -2.02. The molecule has 9 rings (SSSR count). The van der Waals surface area contributed by atoms with Crippen LogP contribution < -0.4 is 0 Å². The summed E-state index contributed by atoms with van der Waals surface area (Å²) in [7, 11) is 0. The molecule has 3 heteroatoms. The quantitative estimate of drug-likeness (QED) is 0.193. The van der Waals surface area contributed by atoms with E-state index in [1.54, 1.807) is 0 Å². The molecule has 230 valence electrons. The Balaban J connectivity index is 1.47. The third-order valence-electron chi connectivity index (χ3n) is 9.60. The van der Waals surface area contributed by atoms with Gasteiger partial charge in [-0.15, -0.1) is 0 Å². The van der Waals surface area contributed by atoms with E-state index in [4.69, 9.17) is 4.98 Å². The number of fused-ring (bicyclic) bond motifs is 7. The van der Waals surface area contributed by atoms with Crippen LogP contribution in [0.3, 0.4) is 0 Å². The number of rotatable bonds is 4. The van der Waals surface area contributed by atoms with Gasteiger partial charge in [-0.05, 0) is 87.4 Å². The minimum absolute atomic E-state index is 0.907. The van der Waals surface area contributed by atoms with Crippen LogP contribution in [0.15, 0.2) is 140 Å². The van der Waals surface area contributed by atoms with Crippen LogP contribution in [0.4, 0.5) is 0 Å².